The third-order valence-electron chi connectivity index (χ3n) is 5.94. The van der Waals surface area contributed by atoms with Crippen molar-refractivity contribution in [2.45, 2.75) is 44.4 Å². The number of rotatable bonds is 8. The number of hydrogen-bond acceptors (Lipinski definition) is 6. The van der Waals surface area contributed by atoms with Crippen molar-refractivity contribution in [3.63, 3.8) is 0 Å². The molecule has 0 bridgehead atoms. The second-order valence-corrected chi connectivity index (χ2v) is 8.36. The van der Waals surface area contributed by atoms with Crippen molar-refractivity contribution < 1.29 is 9.53 Å². The summed E-state index contributed by atoms with van der Waals surface area (Å²) in [5.74, 6) is 1.68. The fourth-order valence-electron chi connectivity index (χ4n) is 4.41. The lowest BCUT2D eigenvalue weighted by Crippen LogP contribution is -2.30. The van der Waals surface area contributed by atoms with E-state index in [1.807, 2.05) is 19.0 Å². The zero-order valence-corrected chi connectivity index (χ0v) is 17.6. The Kier molecular flexibility index (Phi) is 7.62. The first-order valence-electron chi connectivity index (χ1n) is 10.6. The lowest BCUT2D eigenvalue weighted by atomic mass is 9.89. The minimum absolute atomic E-state index is 0.108. The van der Waals surface area contributed by atoms with Crippen LogP contribution in [0.25, 0.3) is 0 Å². The van der Waals surface area contributed by atoms with Gasteiger partial charge in [-0.3, -0.25) is 4.79 Å². The molecule has 2 heterocycles. The van der Waals surface area contributed by atoms with Gasteiger partial charge in [-0.05, 0) is 31.7 Å². The molecule has 0 radical (unpaired) electrons. The van der Waals surface area contributed by atoms with Crippen molar-refractivity contribution in [3.05, 3.63) is 17.5 Å². The standard InChI is InChI=1S/C21H35N5O2/c1-25(2)21-23-13-18(20(27)22-10-12-28-3)19(24-21)17-9-11-26(15-17)14-16-7-5-4-6-8-16/h13,16-17H,4-12,14-15H2,1-3H3,(H,22,27). The van der Waals surface area contributed by atoms with Crippen molar-refractivity contribution in [3.8, 4) is 0 Å². The molecule has 1 saturated heterocycles. The predicted octanol–water partition coefficient (Wildman–Crippen LogP) is 2.29. The van der Waals surface area contributed by atoms with Crippen molar-refractivity contribution >= 4 is 11.9 Å². The Bertz CT molecular complexity index is 646. The van der Waals surface area contributed by atoms with Crippen molar-refractivity contribution in [1.29, 1.82) is 0 Å². The van der Waals surface area contributed by atoms with Crippen LogP contribution in [-0.4, -0.2) is 74.8 Å². The third-order valence-corrected chi connectivity index (χ3v) is 5.94. The van der Waals surface area contributed by atoms with E-state index in [1.165, 1.54) is 38.6 Å². The van der Waals surface area contributed by atoms with Crippen LogP contribution in [0.1, 0.15) is 60.5 Å². The number of likely N-dealkylation sites (tertiary alicyclic amines) is 1. The van der Waals surface area contributed by atoms with Crippen LogP contribution in [0.2, 0.25) is 0 Å². The summed E-state index contributed by atoms with van der Waals surface area (Å²) in [5.41, 5.74) is 1.49. The molecule has 156 valence electrons. The average molecular weight is 390 g/mol. The van der Waals surface area contributed by atoms with Crippen LogP contribution in [-0.2, 0) is 4.74 Å². The number of carbonyl (C=O) groups is 1. The average Bonchev–Trinajstić information content (AvgIpc) is 3.16. The maximum absolute atomic E-state index is 12.7. The summed E-state index contributed by atoms with van der Waals surface area (Å²) in [6.07, 6.45) is 9.63. The molecule has 3 rings (SSSR count). The minimum Gasteiger partial charge on any atom is -0.383 e. The van der Waals surface area contributed by atoms with Crippen LogP contribution in [0.5, 0.6) is 0 Å². The second-order valence-electron chi connectivity index (χ2n) is 8.36. The minimum atomic E-state index is -0.108. The molecule has 1 aliphatic carbocycles. The highest BCUT2D eigenvalue weighted by Crippen LogP contribution is 2.32. The van der Waals surface area contributed by atoms with Gasteiger partial charge in [0.1, 0.15) is 0 Å². The van der Waals surface area contributed by atoms with Gasteiger partial charge in [0.25, 0.3) is 5.91 Å². The second kappa shape index (κ2) is 10.2. The van der Waals surface area contributed by atoms with Gasteiger partial charge < -0.3 is 19.9 Å². The van der Waals surface area contributed by atoms with Crippen LogP contribution in [0.3, 0.4) is 0 Å². The fraction of sp³-hybridized carbons (Fsp3) is 0.762. The highest BCUT2D eigenvalue weighted by Gasteiger charge is 2.30. The number of nitrogens with zero attached hydrogens (tertiary/aromatic N) is 4. The van der Waals surface area contributed by atoms with Gasteiger partial charge in [0.2, 0.25) is 5.95 Å². The lowest BCUT2D eigenvalue weighted by molar-refractivity contribution is 0.0934. The maximum Gasteiger partial charge on any atom is 0.254 e. The number of carbonyl (C=O) groups excluding carboxylic acids is 1. The Hall–Kier alpha value is -1.73. The molecule has 1 aromatic heterocycles. The van der Waals surface area contributed by atoms with E-state index in [9.17, 15) is 4.79 Å². The summed E-state index contributed by atoms with van der Waals surface area (Å²) < 4.78 is 5.04. The van der Waals surface area contributed by atoms with Crippen molar-refractivity contribution in [2.24, 2.45) is 5.92 Å². The zero-order valence-electron chi connectivity index (χ0n) is 17.6. The van der Waals surface area contributed by atoms with Gasteiger partial charge in [-0.2, -0.15) is 0 Å². The number of nitrogens with one attached hydrogen (secondary N) is 1. The van der Waals surface area contributed by atoms with Gasteiger partial charge in [0, 0.05) is 53.0 Å². The number of methoxy groups -OCH3 is 1. The highest BCUT2D eigenvalue weighted by atomic mass is 16.5. The monoisotopic (exact) mass is 389 g/mol. The van der Waals surface area contributed by atoms with Crippen LogP contribution < -0.4 is 10.2 Å². The summed E-state index contributed by atoms with van der Waals surface area (Å²) >= 11 is 0. The number of amides is 1. The quantitative estimate of drug-likeness (QED) is 0.688. The molecule has 0 aromatic carbocycles. The zero-order chi connectivity index (χ0) is 19.9. The smallest absolute Gasteiger partial charge is 0.254 e. The molecule has 1 atom stereocenters. The SMILES string of the molecule is COCCNC(=O)c1cnc(N(C)C)nc1C1CCN(CC2CCCCC2)C1. The fourth-order valence-corrected chi connectivity index (χ4v) is 4.41. The highest BCUT2D eigenvalue weighted by molar-refractivity contribution is 5.95. The van der Waals surface area contributed by atoms with E-state index >= 15 is 0 Å². The van der Waals surface area contributed by atoms with E-state index < -0.39 is 0 Å². The summed E-state index contributed by atoms with van der Waals surface area (Å²) in [6.45, 7) is 4.25. The van der Waals surface area contributed by atoms with E-state index in [0.29, 0.717) is 24.7 Å². The molecule has 7 heteroatoms. The molecule has 2 aliphatic rings. The number of anilines is 1. The summed E-state index contributed by atoms with van der Waals surface area (Å²) in [5, 5.41) is 2.92. The lowest BCUT2D eigenvalue weighted by Gasteiger charge is -2.27. The third kappa shape index (κ3) is 5.41. The summed E-state index contributed by atoms with van der Waals surface area (Å²) in [7, 11) is 5.49. The number of aromatic nitrogens is 2. The molecule has 1 aliphatic heterocycles. The molecular weight excluding hydrogens is 354 g/mol. The molecule has 1 unspecified atom stereocenters. The largest absolute Gasteiger partial charge is 0.383 e. The normalized spacial score (nSPS) is 21.0. The topological polar surface area (TPSA) is 70.6 Å². The first-order valence-corrected chi connectivity index (χ1v) is 10.6. The Balaban J connectivity index is 1.71. The van der Waals surface area contributed by atoms with Gasteiger partial charge in [0.05, 0.1) is 17.9 Å². The van der Waals surface area contributed by atoms with E-state index in [2.05, 4.69) is 15.2 Å². The molecule has 7 nitrogen and oxygen atoms in total. The van der Waals surface area contributed by atoms with Gasteiger partial charge in [0.15, 0.2) is 0 Å². The molecule has 1 saturated carbocycles. The first-order chi connectivity index (χ1) is 13.6. The Morgan fingerprint density at radius 2 is 2.07 bits per heavy atom. The van der Waals surface area contributed by atoms with Crippen LogP contribution in [0, 0.1) is 5.92 Å². The Morgan fingerprint density at radius 1 is 1.29 bits per heavy atom. The number of ether oxygens (including phenoxy) is 1. The van der Waals surface area contributed by atoms with E-state index in [4.69, 9.17) is 9.72 Å². The Morgan fingerprint density at radius 3 is 2.79 bits per heavy atom. The molecular formula is C21H35N5O2. The Labute approximate surface area is 168 Å². The van der Waals surface area contributed by atoms with Crippen LogP contribution >= 0.6 is 0 Å². The van der Waals surface area contributed by atoms with E-state index in [-0.39, 0.29) is 11.8 Å². The van der Waals surface area contributed by atoms with Gasteiger partial charge >= 0.3 is 0 Å². The molecule has 1 aromatic rings. The number of hydrogen-bond donors (Lipinski definition) is 1. The van der Waals surface area contributed by atoms with Crippen molar-refractivity contribution in [2.75, 3.05) is 58.9 Å². The molecule has 28 heavy (non-hydrogen) atoms. The predicted molar refractivity (Wildman–Crippen MR) is 111 cm³/mol. The van der Waals surface area contributed by atoms with Crippen molar-refractivity contribution in [1.82, 2.24) is 20.2 Å². The molecule has 2 fully saturated rings. The van der Waals surface area contributed by atoms with E-state index in [0.717, 1.165) is 31.1 Å². The summed E-state index contributed by atoms with van der Waals surface area (Å²) in [4.78, 5) is 26.3. The molecule has 1 amide bonds. The molecule has 0 spiro atoms. The van der Waals surface area contributed by atoms with E-state index in [1.54, 1.807) is 13.3 Å². The van der Waals surface area contributed by atoms with Crippen LogP contribution in [0.15, 0.2) is 6.20 Å². The molecule has 1 N–H and O–H groups in total. The summed E-state index contributed by atoms with van der Waals surface area (Å²) in [6, 6.07) is 0. The van der Waals surface area contributed by atoms with Crippen LogP contribution in [0.4, 0.5) is 5.95 Å². The van der Waals surface area contributed by atoms with Gasteiger partial charge in [-0.1, -0.05) is 19.3 Å². The van der Waals surface area contributed by atoms with Gasteiger partial charge in [-0.15, -0.1) is 0 Å². The van der Waals surface area contributed by atoms with Gasteiger partial charge in [-0.25, -0.2) is 9.97 Å². The first kappa shape index (κ1) is 21.0. The maximum atomic E-state index is 12.7.